The SMILES string of the molecule is N#Cc1ccc2c(c1)N[C@H](c1ccccc1)C(=O)N2. The molecule has 0 unspecified atom stereocenters. The summed E-state index contributed by atoms with van der Waals surface area (Å²) in [6, 6.07) is 16.3. The molecule has 4 nitrogen and oxygen atoms in total. The lowest BCUT2D eigenvalue weighted by molar-refractivity contribution is -0.117. The highest BCUT2D eigenvalue weighted by molar-refractivity contribution is 6.03. The first-order chi connectivity index (χ1) is 9.28. The van der Waals surface area contributed by atoms with Gasteiger partial charge in [0.15, 0.2) is 0 Å². The maximum atomic E-state index is 12.1. The van der Waals surface area contributed by atoms with Gasteiger partial charge in [0, 0.05) is 0 Å². The predicted molar refractivity (Wildman–Crippen MR) is 72.6 cm³/mol. The number of nitrogens with zero attached hydrogens (tertiary/aromatic N) is 1. The third kappa shape index (κ3) is 2.02. The standard InChI is InChI=1S/C15H11N3O/c16-9-10-6-7-12-13(8-10)17-14(15(19)18-12)11-4-2-1-3-5-11/h1-8,14,17H,(H,18,19)/t14-/m1/s1. The Kier molecular flexibility index (Phi) is 2.66. The molecule has 2 N–H and O–H groups in total. The van der Waals surface area contributed by atoms with Crippen molar-refractivity contribution in [1.29, 1.82) is 5.26 Å². The van der Waals surface area contributed by atoms with Crippen LogP contribution in [-0.4, -0.2) is 5.91 Å². The summed E-state index contributed by atoms with van der Waals surface area (Å²) < 4.78 is 0. The Hall–Kier alpha value is -2.80. The van der Waals surface area contributed by atoms with Crippen LogP contribution in [0, 0.1) is 11.3 Å². The topological polar surface area (TPSA) is 64.9 Å². The monoisotopic (exact) mass is 249 g/mol. The molecule has 0 bridgehead atoms. The Morgan fingerprint density at radius 1 is 1.05 bits per heavy atom. The van der Waals surface area contributed by atoms with E-state index < -0.39 is 6.04 Å². The molecule has 0 spiro atoms. The second kappa shape index (κ2) is 4.46. The van der Waals surface area contributed by atoms with Crippen molar-refractivity contribution in [2.24, 2.45) is 0 Å². The molecule has 1 heterocycles. The first-order valence-corrected chi connectivity index (χ1v) is 5.94. The Labute approximate surface area is 110 Å². The van der Waals surface area contributed by atoms with Crippen molar-refractivity contribution in [2.45, 2.75) is 6.04 Å². The fraction of sp³-hybridized carbons (Fsp3) is 0.0667. The molecule has 19 heavy (non-hydrogen) atoms. The van der Waals surface area contributed by atoms with E-state index >= 15 is 0 Å². The summed E-state index contributed by atoms with van der Waals surface area (Å²) in [6.07, 6.45) is 0. The second-order valence-corrected chi connectivity index (χ2v) is 4.35. The molecule has 0 aliphatic carbocycles. The molecule has 0 fully saturated rings. The van der Waals surface area contributed by atoms with Crippen molar-refractivity contribution >= 4 is 17.3 Å². The Balaban J connectivity index is 1.99. The number of hydrogen-bond donors (Lipinski definition) is 2. The third-order valence-corrected chi connectivity index (χ3v) is 3.10. The van der Waals surface area contributed by atoms with Gasteiger partial charge in [-0.25, -0.2) is 0 Å². The molecule has 1 aliphatic rings. The molecule has 1 amide bonds. The van der Waals surface area contributed by atoms with Gasteiger partial charge < -0.3 is 10.6 Å². The van der Waals surface area contributed by atoms with Gasteiger partial charge in [0.05, 0.1) is 23.0 Å². The van der Waals surface area contributed by atoms with E-state index in [2.05, 4.69) is 16.7 Å². The summed E-state index contributed by atoms with van der Waals surface area (Å²) in [5.74, 6) is -0.0941. The van der Waals surface area contributed by atoms with Crippen LogP contribution in [0.4, 0.5) is 11.4 Å². The van der Waals surface area contributed by atoms with Crippen LogP contribution in [0.5, 0.6) is 0 Å². The summed E-state index contributed by atoms with van der Waals surface area (Å²) in [5.41, 5.74) is 2.94. The Morgan fingerprint density at radius 2 is 1.84 bits per heavy atom. The van der Waals surface area contributed by atoms with Gasteiger partial charge in [0.25, 0.3) is 5.91 Å². The van der Waals surface area contributed by atoms with Gasteiger partial charge in [-0.3, -0.25) is 4.79 Å². The number of hydrogen-bond acceptors (Lipinski definition) is 3. The van der Waals surface area contributed by atoms with Crippen molar-refractivity contribution in [1.82, 2.24) is 0 Å². The zero-order chi connectivity index (χ0) is 13.2. The largest absolute Gasteiger partial charge is 0.368 e. The number of carbonyl (C=O) groups excluding carboxylic acids is 1. The van der Waals surface area contributed by atoms with Crippen LogP contribution in [-0.2, 0) is 4.79 Å². The summed E-state index contributed by atoms with van der Waals surface area (Å²) >= 11 is 0. The second-order valence-electron chi connectivity index (χ2n) is 4.35. The first kappa shape index (κ1) is 11.3. The molecule has 2 aromatic rings. The molecule has 3 rings (SSSR count). The van der Waals surface area contributed by atoms with Crippen LogP contribution in [0.2, 0.25) is 0 Å². The normalized spacial score (nSPS) is 16.8. The molecule has 0 aromatic heterocycles. The van der Waals surface area contributed by atoms with Gasteiger partial charge in [-0.1, -0.05) is 30.3 Å². The molecule has 92 valence electrons. The van der Waals surface area contributed by atoms with E-state index in [0.29, 0.717) is 11.3 Å². The quantitative estimate of drug-likeness (QED) is 0.816. The van der Waals surface area contributed by atoms with Gasteiger partial charge in [0.1, 0.15) is 6.04 Å². The third-order valence-electron chi connectivity index (χ3n) is 3.10. The number of carbonyl (C=O) groups is 1. The lowest BCUT2D eigenvalue weighted by Crippen LogP contribution is -2.31. The van der Waals surface area contributed by atoms with E-state index in [0.717, 1.165) is 11.3 Å². The number of benzene rings is 2. The molecule has 0 radical (unpaired) electrons. The van der Waals surface area contributed by atoms with Gasteiger partial charge in [-0.05, 0) is 23.8 Å². The zero-order valence-electron chi connectivity index (χ0n) is 10.1. The van der Waals surface area contributed by atoms with E-state index in [1.165, 1.54) is 0 Å². The molecular formula is C15H11N3O. The lowest BCUT2D eigenvalue weighted by Gasteiger charge is -2.27. The van der Waals surface area contributed by atoms with Crippen LogP contribution in [0.25, 0.3) is 0 Å². The molecule has 0 saturated carbocycles. The van der Waals surface area contributed by atoms with E-state index in [-0.39, 0.29) is 5.91 Å². The number of anilines is 2. The highest BCUT2D eigenvalue weighted by Crippen LogP contribution is 2.32. The van der Waals surface area contributed by atoms with Crippen LogP contribution in [0.1, 0.15) is 17.2 Å². The average Bonchev–Trinajstić information content (AvgIpc) is 2.47. The molecule has 1 atom stereocenters. The number of fused-ring (bicyclic) bond motifs is 1. The number of nitrogens with one attached hydrogen (secondary N) is 2. The molecule has 2 aromatic carbocycles. The van der Waals surface area contributed by atoms with Crippen molar-refractivity contribution < 1.29 is 4.79 Å². The van der Waals surface area contributed by atoms with Crippen molar-refractivity contribution in [3.8, 4) is 6.07 Å². The van der Waals surface area contributed by atoms with E-state index in [1.54, 1.807) is 18.2 Å². The summed E-state index contributed by atoms with van der Waals surface area (Å²) in [6.45, 7) is 0. The van der Waals surface area contributed by atoms with E-state index in [1.807, 2.05) is 30.3 Å². The van der Waals surface area contributed by atoms with Gasteiger partial charge >= 0.3 is 0 Å². The lowest BCUT2D eigenvalue weighted by atomic mass is 10.0. The van der Waals surface area contributed by atoms with Crippen molar-refractivity contribution in [2.75, 3.05) is 10.6 Å². The van der Waals surface area contributed by atoms with Crippen molar-refractivity contribution in [3.63, 3.8) is 0 Å². The van der Waals surface area contributed by atoms with Crippen molar-refractivity contribution in [3.05, 3.63) is 59.7 Å². The zero-order valence-corrected chi connectivity index (χ0v) is 10.1. The Bertz CT molecular complexity index is 674. The molecular weight excluding hydrogens is 238 g/mol. The first-order valence-electron chi connectivity index (χ1n) is 5.94. The number of rotatable bonds is 1. The van der Waals surface area contributed by atoms with Crippen LogP contribution in [0.3, 0.4) is 0 Å². The van der Waals surface area contributed by atoms with Crippen LogP contribution in [0.15, 0.2) is 48.5 Å². The fourth-order valence-corrected chi connectivity index (χ4v) is 2.15. The highest BCUT2D eigenvalue weighted by Gasteiger charge is 2.26. The highest BCUT2D eigenvalue weighted by atomic mass is 16.2. The average molecular weight is 249 g/mol. The smallest absolute Gasteiger partial charge is 0.251 e. The minimum Gasteiger partial charge on any atom is -0.368 e. The predicted octanol–water partition coefficient (Wildman–Crippen LogP) is 2.66. The number of amides is 1. The minimum absolute atomic E-state index is 0.0941. The van der Waals surface area contributed by atoms with Gasteiger partial charge in [-0.2, -0.15) is 5.26 Å². The van der Waals surface area contributed by atoms with Crippen LogP contribution >= 0.6 is 0 Å². The fourth-order valence-electron chi connectivity index (χ4n) is 2.15. The van der Waals surface area contributed by atoms with E-state index in [9.17, 15) is 4.79 Å². The molecule has 4 heteroatoms. The maximum Gasteiger partial charge on any atom is 0.251 e. The minimum atomic E-state index is -0.428. The summed E-state index contributed by atoms with van der Waals surface area (Å²) in [5, 5.41) is 14.9. The summed E-state index contributed by atoms with van der Waals surface area (Å²) in [7, 11) is 0. The van der Waals surface area contributed by atoms with Gasteiger partial charge in [0.2, 0.25) is 0 Å². The Morgan fingerprint density at radius 3 is 2.58 bits per heavy atom. The molecule has 0 saturated heterocycles. The molecule has 1 aliphatic heterocycles. The van der Waals surface area contributed by atoms with Crippen LogP contribution < -0.4 is 10.6 Å². The maximum absolute atomic E-state index is 12.1. The summed E-state index contributed by atoms with van der Waals surface area (Å²) in [4.78, 5) is 12.1. The van der Waals surface area contributed by atoms with Gasteiger partial charge in [-0.15, -0.1) is 0 Å². The van der Waals surface area contributed by atoms with E-state index in [4.69, 9.17) is 5.26 Å². The number of nitriles is 1.